The Morgan fingerprint density at radius 2 is 1.67 bits per heavy atom. The molecule has 2 N–H and O–H groups in total. The van der Waals surface area contributed by atoms with Crippen LogP contribution in [0.4, 0.5) is 30.5 Å². The Hall–Kier alpha value is -4.99. The molecule has 0 atom stereocenters. The number of amides is 1. The van der Waals surface area contributed by atoms with Crippen LogP contribution in [-0.2, 0) is 0 Å². The number of hydrogen-bond donors (Lipinski definition) is 2. The first kappa shape index (κ1) is 22.8. The summed E-state index contributed by atoms with van der Waals surface area (Å²) < 4.78 is 46.6. The Bertz CT molecular complexity index is 1570. The largest absolute Gasteiger partial charge is 0.441 e. The zero-order valence-corrected chi connectivity index (χ0v) is 18.4. The van der Waals surface area contributed by atoms with Gasteiger partial charge in [0.1, 0.15) is 17.2 Å². The average molecular weight is 487 g/mol. The minimum atomic E-state index is -1.23. The second kappa shape index (κ2) is 9.71. The number of nitrogens with one attached hydrogen (secondary N) is 2. The molecule has 10 heteroatoms. The summed E-state index contributed by atoms with van der Waals surface area (Å²) in [5.74, 6) is -2.98. The molecular weight excluding hydrogens is 471 g/mol. The first-order valence-electron chi connectivity index (χ1n) is 10.6. The fraction of sp³-hybridized carbons (Fsp3) is 0. The highest BCUT2D eigenvalue weighted by atomic mass is 19.2. The average Bonchev–Trinajstić information content (AvgIpc) is 3.36. The van der Waals surface area contributed by atoms with Gasteiger partial charge in [-0.3, -0.25) is 4.79 Å². The van der Waals surface area contributed by atoms with Crippen molar-refractivity contribution in [2.24, 2.45) is 0 Å². The van der Waals surface area contributed by atoms with E-state index in [0.717, 1.165) is 6.07 Å². The molecule has 2 heterocycles. The number of carbonyl (C=O) groups is 1. The van der Waals surface area contributed by atoms with E-state index in [1.54, 1.807) is 42.5 Å². The second-order valence-electron chi connectivity index (χ2n) is 7.57. The van der Waals surface area contributed by atoms with Gasteiger partial charge in [0.15, 0.2) is 23.8 Å². The van der Waals surface area contributed by atoms with Crippen LogP contribution in [0.1, 0.15) is 10.4 Å². The molecule has 0 bridgehead atoms. The molecule has 0 unspecified atom stereocenters. The maximum absolute atomic E-state index is 14.0. The Labute approximate surface area is 202 Å². The van der Waals surface area contributed by atoms with Gasteiger partial charge in [0.05, 0.1) is 5.56 Å². The van der Waals surface area contributed by atoms with Gasteiger partial charge >= 0.3 is 0 Å². The monoisotopic (exact) mass is 487 g/mol. The highest BCUT2D eigenvalue weighted by molar-refractivity contribution is 6.04. The maximum Gasteiger partial charge on any atom is 0.258 e. The molecular formula is C26H16F3N5O2. The fourth-order valence-corrected chi connectivity index (χ4v) is 3.50. The van der Waals surface area contributed by atoms with Gasteiger partial charge in [0, 0.05) is 23.1 Å². The number of carbonyl (C=O) groups excluding carboxylic acids is 1. The van der Waals surface area contributed by atoms with Gasteiger partial charge in [-0.1, -0.05) is 24.3 Å². The number of benzene rings is 3. The zero-order chi connectivity index (χ0) is 25.1. The second-order valence-corrected chi connectivity index (χ2v) is 7.57. The van der Waals surface area contributed by atoms with Gasteiger partial charge in [-0.2, -0.15) is 0 Å². The van der Waals surface area contributed by atoms with E-state index in [9.17, 15) is 18.0 Å². The van der Waals surface area contributed by atoms with Crippen molar-refractivity contribution < 1.29 is 22.4 Å². The molecule has 0 aliphatic carbocycles. The normalized spacial score (nSPS) is 10.8. The number of halogens is 3. The SMILES string of the molecule is O=C(Nc1cccc(-c2ncoc2-c2ccnc(Nc3cccc(F)c3)n2)c1)c1cccc(F)c1F. The predicted octanol–water partition coefficient (Wildman–Crippen LogP) is 6.21. The van der Waals surface area contributed by atoms with Crippen molar-refractivity contribution in [1.29, 1.82) is 0 Å². The van der Waals surface area contributed by atoms with Gasteiger partial charge in [-0.05, 0) is 48.5 Å². The van der Waals surface area contributed by atoms with Crippen molar-refractivity contribution in [2.45, 2.75) is 0 Å². The van der Waals surface area contributed by atoms with Crippen molar-refractivity contribution >= 4 is 23.2 Å². The van der Waals surface area contributed by atoms with E-state index in [4.69, 9.17) is 4.42 Å². The van der Waals surface area contributed by atoms with E-state index in [1.807, 2.05) is 0 Å². The molecule has 2 aromatic heterocycles. The van der Waals surface area contributed by atoms with Crippen molar-refractivity contribution in [3.63, 3.8) is 0 Å². The van der Waals surface area contributed by atoms with E-state index in [1.165, 1.54) is 36.9 Å². The van der Waals surface area contributed by atoms with E-state index < -0.39 is 28.9 Å². The van der Waals surface area contributed by atoms with Crippen molar-refractivity contribution in [1.82, 2.24) is 15.0 Å². The minimum Gasteiger partial charge on any atom is -0.441 e. The highest BCUT2D eigenvalue weighted by Crippen LogP contribution is 2.32. The third-order valence-corrected chi connectivity index (χ3v) is 5.13. The fourth-order valence-electron chi connectivity index (χ4n) is 3.50. The van der Waals surface area contributed by atoms with Crippen LogP contribution in [0.5, 0.6) is 0 Å². The smallest absolute Gasteiger partial charge is 0.258 e. The summed E-state index contributed by atoms with van der Waals surface area (Å²) in [5, 5.41) is 5.49. The van der Waals surface area contributed by atoms with E-state index in [-0.39, 0.29) is 5.95 Å². The number of rotatable bonds is 6. The predicted molar refractivity (Wildman–Crippen MR) is 127 cm³/mol. The molecule has 0 saturated heterocycles. The van der Waals surface area contributed by atoms with E-state index in [0.29, 0.717) is 34.1 Å². The van der Waals surface area contributed by atoms with Crippen molar-refractivity contribution in [2.75, 3.05) is 10.6 Å². The summed E-state index contributed by atoms with van der Waals surface area (Å²) in [5.41, 5.74) is 1.82. The lowest BCUT2D eigenvalue weighted by Crippen LogP contribution is -2.14. The van der Waals surface area contributed by atoms with Crippen LogP contribution in [0.25, 0.3) is 22.7 Å². The summed E-state index contributed by atoms with van der Waals surface area (Å²) >= 11 is 0. The van der Waals surface area contributed by atoms with Crippen LogP contribution in [0.3, 0.4) is 0 Å². The topological polar surface area (TPSA) is 92.9 Å². The first-order valence-corrected chi connectivity index (χ1v) is 10.6. The molecule has 1 amide bonds. The third kappa shape index (κ3) is 4.78. The summed E-state index contributed by atoms with van der Waals surface area (Å²) in [6.45, 7) is 0. The maximum atomic E-state index is 14.0. The molecule has 0 aliphatic rings. The number of hydrogen-bond acceptors (Lipinski definition) is 6. The van der Waals surface area contributed by atoms with Gasteiger partial charge in [-0.15, -0.1) is 0 Å². The molecule has 5 rings (SSSR count). The van der Waals surface area contributed by atoms with Gasteiger partial charge < -0.3 is 15.1 Å². The third-order valence-electron chi connectivity index (χ3n) is 5.13. The van der Waals surface area contributed by atoms with Crippen LogP contribution in [0.15, 0.2) is 89.8 Å². The Morgan fingerprint density at radius 1 is 0.861 bits per heavy atom. The Morgan fingerprint density at radius 3 is 2.53 bits per heavy atom. The summed E-state index contributed by atoms with van der Waals surface area (Å²) in [6.07, 6.45) is 2.76. The first-order chi connectivity index (χ1) is 17.5. The van der Waals surface area contributed by atoms with Gasteiger partial charge in [0.25, 0.3) is 5.91 Å². The number of nitrogens with zero attached hydrogens (tertiary/aromatic N) is 3. The molecule has 7 nitrogen and oxygen atoms in total. The highest BCUT2D eigenvalue weighted by Gasteiger charge is 2.18. The van der Waals surface area contributed by atoms with Crippen molar-refractivity contribution in [3.8, 4) is 22.7 Å². The van der Waals surface area contributed by atoms with Gasteiger partial charge in [-0.25, -0.2) is 28.1 Å². The van der Waals surface area contributed by atoms with Crippen LogP contribution < -0.4 is 10.6 Å². The van der Waals surface area contributed by atoms with Gasteiger partial charge in [0.2, 0.25) is 5.95 Å². The molecule has 0 radical (unpaired) electrons. The van der Waals surface area contributed by atoms with Crippen LogP contribution in [0, 0.1) is 17.5 Å². The molecule has 0 aliphatic heterocycles. The Balaban J connectivity index is 1.41. The van der Waals surface area contributed by atoms with Crippen LogP contribution >= 0.6 is 0 Å². The lowest BCUT2D eigenvalue weighted by molar-refractivity contribution is 0.102. The summed E-state index contributed by atoms with van der Waals surface area (Å²) in [6, 6.07) is 17.5. The molecule has 0 fully saturated rings. The molecule has 0 spiro atoms. The number of aromatic nitrogens is 3. The quantitative estimate of drug-likeness (QED) is 0.296. The molecule has 178 valence electrons. The minimum absolute atomic E-state index is 0.221. The van der Waals surface area contributed by atoms with E-state index in [2.05, 4.69) is 25.6 Å². The zero-order valence-electron chi connectivity index (χ0n) is 18.4. The lowest BCUT2D eigenvalue weighted by Gasteiger charge is -2.09. The molecule has 0 saturated carbocycles. The van der Waals surface area contributed by atoms with E-state index >= 15 is 0 Å². The standard InChI is InChI=1S/C26H16F3N5O2/c27-16-5-2-7-18(13-16)33-26-30-11-10-21(34-26)24-23(31-14-36-24)15-4-1-6-17(12-15)32-25(35)19-8-3-9-20(28)22(19)29/h1-14H,(H,32,35)(H,30,33,34). The summed E-state index contributed by atoms with van der Waals surface area (Å²) in [4.78, 5) is 25.3. The Kier molecular flexibility index (Phi) is 6.14. The molecule has 5 aromatic rings. The van der Waals surface area contributed by atoms with Crippen LogP contribution in [-0.4, -0.2) is 20.9 Å². The number of oxazole rings is 1. The molecule has 3 aromatic carbocycles. The molecule has 36 heavy (non-hydrogen) atoms. The lowest BCUT2D eigenvalue weighted by atomic mass is 10.1. The number of anilines is 3. The summed E-state index contributed by atoms with van der Waals surface area (Å²) in [7, 11) is 0. The van der Waals surface area contributed by atoms with Crippen molar-refractivity contribution in [3.05, 3.63) is 108 Å². The van der Waals surface area contributed by atoms with Crippen LogP contribution in [0.2, 0.25) is 0 Å².